The molecule has 0 N–H and O–H groups in total. The van der Waals surface area contributed by atoms with Gasteiger partial charge in [-0.1, -0.05) is 47.1 Å². The van der Waals surface area contributed by atoms with Crippen molar-refractivity contribution in [2.45, 2.75) is 6.18 Å². The van der Waals surface area contributed by atoms with Gasteiger partial charge in [0.2, 0.25) is 5.82 Å². The molecule has 0 spiro atoms. The molecule has 0 radical (unpaired) electrons. The fourth-order valence-corrected chi connectivity index (χ4v) is 2.28. The van der Waals surface area contributed by atoms with E-state index in [9.17, 15) is 13.2 Å². The molecular weight excluding hydrogens is 321 g/mol. The van der Waals surface area contributed by atoms with Crippen molar-refractivity contribution >= 4 is 11.6 Å². The number of nitrogens with zero attached hydrogens (tertiary/aromatic N) is 4. The molecule has 0 aliphatic heterocycles. The highest BCUT2D eigenvalue weighted by atomic mass is 35.5. The quantitative estimate of drug-likeness (QED) is 0.718. The topological polar surface area (TPSA) is 56.7 Å². The van der Waals surface area contributed by atoms with Gasteiger partial charge in [-0.2, -0.15) is 23.3 Å². The summed E-state index contributed by atoms with van der Waals surface area (Å²) in [5, 5.41) is 6.55. The lowest BCUT2D eigenvalue weighted by Crippen LogP contribution is -2.07. The maximum atomic E-state index is 12.8. The van der Waals surface area contributed by atoms with Crippen LogP contribution in [0.4, 0.5) is 13.2 Å². The minimum absolute atomic E-state index is 0.0799. The highest BCUT2D eigenvalue weighted by molar-refractivity contribution is 6.33. The summed E-state index contributed by atoms with van der Waals surface area (Å²) in [5.41, 5.74) is -0.596. The molecule has 0 bridgehead atoms. The second-order valence-corrected chi connectivity index (χ2v) is 4.80. The van der Waals surface area contributed by atoms with Crippen LogP contribution in [0.25, 0.3) is 23.0 Å². The maximum Gasteiger partial charge on any atom is 0.436 e. The Morgan fingerprint density at radius 2 is 1.86 bits per heavy atom. The molecule has 0 unspecified atom stereocenters. The van der Waals surface area contributed by atoms with Crippen LogP contribution in [0, 0.1) is 0 Å². The molecule has 1 aromatic carbocycles. The van der Waals surface area contributed by atoms with Crippen LogP contribution in [0.1, 0.15) is 5.69 Å². The van der Waals surface area contributed by atoms with Crippen LogP contribution in [-0.2, 0) is 13.2 Å². The number of aromatic nitrogens is 4. The Bertz CT molecular complexity index is 811. The van der Waals surface area contributed by atoms with Crippen molar-refractivity contribution in [1.82, 2.24) is 19.9 Å². The van der Waals surface area contributed by atoms with E-state index < -0.39 is 16.9 Å². The van der Waals surface area contributed by atoms with Crippen molar-refractivity contribution in [1.29, 1.82) is 0 Å². The molecule has 3 rings (SSSR count). The molecule has 0 saturated carbocycles. The first-order chi connectivity index (χ1) is 10.4. The minimum Gasteiger partial charge on any atom is -0.332 e. The predicted molar refractivity (Wildman–Crippen MR) is 71.9 cm³/mol. The van der Waals surface area contributed by atoms with E-state index in [0.29, 0.717) is 5.56 Å². The number of rotatable bonds is 2. The Kier molecular flexibility index (Phi) is 3.40. The van der Waals surface area contributed by atoms with E-state index in [1.807, 2.05) is 6.07 Å². The highest BCUT2D eigenvalue weighted by Crippen LogP contribution is 2.39. The highest BCUT2D eigenvalue weighted by Gasteiger charge is 2.39. The first-order valence-corrected chi connectivity index (χ1v) is 6.45. The lowest BCUT2D eigenvalue weighted by molar-refractivity contribution is -0.141. The van der Waals surface area contributed by atoms with Crippen LogP contribution < -0.4 is 0 Å². The van der Waals surface area contributed by atoms with Gasteiger partial charge in [0, 0.05) is 12.6 Å². The second-order valence-electron chi connectivity index (χ2n) is 4.42. The summed E-state index contributed by atoms with van der Waals surface area (Å²) in [7, 11) is 1.32. The van der Waals surface area contributed by atoms with Crippen molar-refractivity contribution in [3.8, 4) is 23.0 Å². The lowest BCUT2D eigenvalue weighted by Gasteiger charge is -2.00. The Balaban J connectivity index is 2.07. The molecule has 0 atom stereocenters. The molecule has 0 aliphatic rings. The molecule has 3 aromatic rings. The zero-order valence-corrected chi connectivity index (χ0v) is 11.9. The summed E-state index contributed by atoms with van der Waals surface area (Å²) in [6, 6.07) is 8.88. The van der Waals surface area contributed by atoms with Crippen LogP contribution in [-0.4, -0.2) is 19.9 Å². The summed E-state index contributed by atoms with van der Waals surface area (Å²) in [6.45, 7) is 0. The molecule has 0 fully saturated rings. The van der Waals surface area contributed by atoms with Crippen LogP contribution >= 0.6 is 11.6 Å². The fourth-order valence-electron chi connectivity index (χ4n) is 1.94. The van der Waals surface area contributed by atoms with Gasteiger partial charge in [-0.05, 0) is 0 Å². The average Bonchev–Trinajstić information content (AvgIpc) is 3.04. The molecule has 0 amide bonds. The summed E-state index contributed by atoms with van der Waals surface area (Å²) in [6.07, 6.45) is -4.66. The second kappa shape index (κ2) is 5.13. The lowest BCUT2D eigenvalue weighted by atomic mass is 10.2. The number of hydrogen-bond donors (Lipinski definition) is 0. The molecule has 9 heteroatoms. The van der Waals surface area contributed by atoms with Gasteiger partial charge in [-0.3, -0.25) is 4.68 Å². The monoisotopic (exact) mass is 328 g/mol. The molecule has 2 heterocycles. The van der Waals surface area contributed by atoms with Crippen molar-refractivity contribution in [3.63, 3.8) is 0 Å². The van der Waals surface area contributed by atoms with Gasteiger partial charge < -0.3 is 4.52 Å². The zero-order valence-electron chi connectivity index (χ0n) is 11.1. The van der Waals surface area contributed by atoms with Crippen LogP contribution in [0.2, 0.25) is 5.02 Å². The van der Waals surface area contributed by atoms with E-state index in [1.165, 1.54) is 7.05 Å². The Morgan fingerprint density at radius 1 is 1.18 bits per heavy atom. The first-order valence-electron chi connectivity index (χ1n) is 6.07. The minimum atomic E-state index is -4.66. The molecule has 114 valence electrons. The first kappa shape index (κ1) is 14.6. The summed E-state index contributed by atoms with van der Waals surface area (Å²) in [5.74, 6) is 0.121. The molecule has 0 saturated heterocycles. The summed E-state index contributed by atoms with van der Waals surface area (Å²) < 4.78 is 44.4. The number of hydrogen-bond acceptors (Lipinski definition) is 4. The molecule has 2 aromatic heterocycles. The smallest absolute Gasteiger partial charge is 0.332 e. The van der Waals surface area contributed by atoms with Gasteiger partial charge in [-0.15, -0.1) is 0 Å². The van der Waals surface area contributed by atoms with Gasteiger partial charge in [0.25, 0.3) is 5.89 Å². The third-order valence-corrected chi connectivity index (χ3v) is 3.28. The molecule has 0 aliphatic carbocycles. The van der Waals surface area contributed by atoms with E-state index in [2.05, 4.69) is 15.2 Å². The van der Waals surface area contributed by atoms with Crippen molar-refractivity contribution in [2.24, 2.45) is 7.05 Å². The Hall–Kier alpha value is -2.35. The average molecular weight is 329 g/mol. The van der Waals surface area contributed by atoms with Crippen molar-refractivity contribution < 1.29 is 17.7 Å². The SMILES string of the molecule is Cn1nc(C(F)(F)F)c(Cl)c1-c1nc(-c2ccccc2)no1. The Morgan fingerprint density at radius 3 is 2.45 bits per heavy atom. The maximum absolute atomic E-state index is 12.8. The van der Waals surface area contributed by atoms with E-state index in [1.54, 1.807) is 24.3 Å². The number of halogens is 4. The van der Waals surface area contributed by atoms with Gasteiger partial charge in [0.05, 0.1) is 0 Å². The third kappa shape index (κ3) is 2.45. The van der Waals surface area contributed by atoms with Gasteiger partial charge in [0.1, 0.15) is 10.7 Å². The van der Waals surface area contributed by atoms with E-state index in [4.69, 9.17) is 16.1 Å². The summed E-state index contributed by atoms with van der Waals surface area (Å²) >= 11 is 5.77. The van der Waals surface area contributed by atoms with Crippen LogP contribution in [0.15, 0.2) is 34.9 Å². The Labute approximate surface area is 127 Å². The normalized spacial score (nSPS) is 11.9. The van der Waals surface area contributed by atoms with E-state index in [0.717, 1.165) is 4.68 Å². The molecular formula is C13H8ClF3N4O. The van der Waals surface area contributed by atoms with Crippen molar-refractivity contribution in [2.75, 3.05) is 0 Å². The predicted octanol–water partition coefficient (Wildman–Crippen LogP) is 3.81. The van der Waals surface area contributed by atoms with Crippen molar-refractivity contribution in [3.05, 3.63) is 41.0 Å². The third-order valence-electron chi connectivity index (χ3n) is 2.92. The molecule has 22 heavy (non-hydrogen) atoms. The van der Waals surface area contributed by atoms with Gasteiger partial charge >= 0.3 is 6.18 Å². The van der Waals surface area contributed by atoms with Crippen LogP contribution in [0.3, 0.4) is 0 Å². The molecule has 5 nitrogen and oxygen atoms in total. The summed E-state index contributed by atoms with van der Waals surface area (Å²) in [4.78, 5) is 4.08. The van der Waals surface area contributed by atoms with Gasteiger partial charge in [-0.25, -0.2) is 0 Å². The van der Waals surface area contributed by atoms with E-state index >= 15 is 0 Å². The largest absolute Gasteiger partial charge is 0.436 e. The zero-order chi connectivity index (χ0) is 15.9. The number of alkyl halides is 3. The fraction of sp³-hybridized carbons (Fsp3) is 0.154. The van der Waals surface area contributed by atoms with Crippen LogP contribution in [0.5, 0.6) is 0 Å². The standard InChI is InChI=1S/C13H8ClF3N4O/c1-21-9(8(14)10(19-21)13(15,16)17)12-18-11(20-22-12)7-5-3-2-4-6-7/h2-6H,1H3. The number of benzene rings is 1. The van der Waals surface area contributed by atoms with E-state index in [-0.39, 0.29) is 17.4 Å². The number of aryl methyl sites for hydroxylation is 1. The van der Waals surface area contributed by atoms with Gasteiger partial charge in [0.15, 0.2) is 5.69 Å².